The Balaban J connectivity index is 1.38. The van der Waals surface area contributed by atoms with E-state index in [1.165, 1.54) is 22.0 Å². The molecule has 2 amide bonds. The van der Waals surface area contributed by atoms with Gasteiger partial charge in [0.05, 0.1) is 16.9 Å². The summed E-state index contributed by atoms with van der Waals surface area (Å²) in [5, 5.41) is 5.19. The number of anilines is 1. The Morgan fingerprint density at radius 3 is 2.89 bits per heavy atom. The highest BCUT2D eigenvalue weighted by Crippen LogP contribution is 2.33. The van der Waals surface area contributed by atoms with E-state index in [1.54, 1.807) is 11.3 Å². The molecule has 0 aromatic carbocycles. The van der Waals surface area contributed by atoms with Crippen molar-refractivity contribution in [3.63, 3.8) is 0 Å². The molecule has 1 aliphatic carbocycles. The van der Waals surface area contributed by atoms with Crippen LogP contribution in [0, 0.1) is 0 Å². The predicted molar refractivity (Wildman–Crippen MR) is 112 cm³/mol. The average Bonchev–Trinajstić information content (AvgIpc) is 3.26. The largest absolute Gasteiger partial charge is 0.364 e. The molecule has 28 heavy (non-hydrogen) atoms. The van der Waals surface area contributed by atoms with Crippen LogP contribution in [0.5, 0.6) is 0 Å². The number of amides is 2. The van der Waals surface area contributed by atoms with E-state index in [4.69, 9.17) is 5.73 Å². The van der Waals surface area contributed by atoms with Crippen molar-refractivity contribution in [3.8, 4) is 0 Å². The number of carbonyl (C=O) groups is 2. The molecule has 0 bridgehead atoms. The molecule has 3 aromatic rings. The van der Waals surface area contributed by atoms with E-state index >= 15 is 0 Å². The summed E-state index contributed by atoms with van der Waals surface area (Å²) < 4.78 is 0. The van der Waals surface area contributed by atoms with Crippen LogP contribution in [0.3, 0.4) is 0 Å². The normalized spacial score (nSPS) is 13.4. The van der Waals surface area contributed by atoms with E-state index in [2.05, 4.69) is 20.3 Å². The van der Waals surface area contributed by atoms with Crippen molar-refractivity contribution in [3.05, 3.63) is 37.7 Å². The fraction of sp³-hybridized carbons (Fsp3) is 0.353. The van der Waals surface area contributed by atoms with Gasteiger partial charge in [-0.2, -0.15) is 0 Å². The van der Waals surface area contributed by atoms with Crippen LogP contribution in [-0.2, 0) is 23.4 Å². The van der Waals surface area contributed by atoms with E-state index in [0.29, 0.717) is 16.7 Å². The molecule has 0 fully saturated rings. The minimum Gasteiger partial charge on any atom is -0.364 e. The molecule has 0 saturated carbocycles. The first kappa shape index (κ1) is 19.1. The fourth-order valence-electron chi connectivity index (χ4n) is 3.12. The predicted octanol–water partition coefficient (Wildman–Crippen LogP) is 2.29. The lowest BCUT2D eigenvalue weighted by Gasteiger charge is -2.09. The number of fused-ring (bicyclic) bond motifs is 3. The maximum atomic E-state index is 12.5. The van der Waals surface area contributed by atoms with Gasteiger partial charge in [-0.1, -0.05) is 0 Å². The molecule has 11 heteroatoms. The van der Waals surface area contributed by atoms with Gasteiger partial charge >= 0.3 is 0 Å². The number of nitrogens with zero attached hydrogens (tertiary/aromatic N) is 2. The van der Waals surface area contributed by atoms with E-state index in [0.717, 1.165) is 52.8 Å². The molecule has 3 aromatic heterocycles. The van der Waals surface area contributed by atoms with E-state index in [9.17, 15) is 14.4 Å². The first-order valence-electron chi connectivity index (χ1n) is 8.67. The van der Waals surface area contributed by atoms with Gasteiger partial charge in [-0.3, -0.25) is 14.4 Å². The summed E-state index contributed by atoms with van der Waals surface area (Å²) in [6.07, 6.45) is 4.25. The molecule has 146 valence electrons. The molecule has 0 aliphatic heterocycles. The van der Waals surface area contributed by atoms with Gasteiger partial charge in [0.25, 0.3) is 11.5 Å². The lowest BCUT2D eigenvalue weighted by Crippen LogP contribution is -2.16. The standard InChI is InChI=1S/C17H17N5O3S3/c18-14(24)9-5-27-17(19-9)22-12(23)7-26-6-11-20-15(25)13-8-3-1-2-4-10(8)28-16(13)21-11/h5H,1-4,6-7H2,(H2,18,24)(H,19,22,23)(H,20,21,25). The van der Waals surface area contributed by atoms with Crippen LogP contribution in [0.1, 0.15) is 39.6 Å². The zero-order valence-corrected chi connectivity index (χ0v) is 17.2. The Labute approximate surface area is 172 Å². The number of thiazole rings is 1. The Morgan fingerprint density at radius 2 is 2.11 bits per heavy atom. The summed E-state index contributed by atoms with van der Waals surface area (Å²) in [6, 6.07) is 0. The third-order valence-corrected chi connectivity index (χ3v) is 7.24. The summed E-state index contributed by atoms with van der Waals surface area (Å²) >= 11 is 4.09. The number of nitrogens with one attached hydrogen (secondary N) is 2. The Morgan fingerprint density at radius 1 is 1.29 bits per heavy atom. The number of nitrogens with two attached hydrogens (primary N) is 1. The monoisotopic (exact) mass is 435 g/mol. The smallest absolute Gasteiger partial charge is 0.268 e. The summed E-state index contributed by atoms with van der Waals surface area (Å²) in [4.78, 5) is 49.0. The minimum absolute atomic E-state index is 0.0915. The van der Waals surface area contributed by atoms with Crippen LogP contribution in [0.2, 0.25) is 0 Å². The zero-order valence-electron chi connectivity index (χ0n) is 14.7. The average molecular weight is 436 g/mol. The Bertz CT molecular complexity index is 1120. The molecule has 8 nitrogen and oxygen atoms in total. The minimum atomic E-state index is -0.633. The fourth-order valence-corrected chi connectivity index (χ4v) is 5.80. The van der Waals surface area contributed by atoms with Crippen LogP contribution in [0.25, 0.3) is 10.2 Å². The second kappa shape index (κ2) is 8.02. The number of thiophene rings is 1. The molecular formula is C17H17N5O3S3. The topological polar surface area (TPSA) is 131 Å². The first-order valence-corrected chi connectivity index (χ1v) is 11.5. The van der Waals surface area contributed by atoms with Crippen molar-refractivity contribution < 1.29 is 9.59 Å². The zero-order chi connectivity index (χ0) is 19.7. The van der Waals surface area contributed by atoms with Gasteiger partial charge < -0.3 is 16.0 Å². The molecule has 0 atom stereocenters. The van der Waals surface area contributed by atoms with Crippen molar-refractivity contribution >= 4 is 61.6 Å². The number of carbonyl (C=O) groups excluding carboxylic acids is 2. The summed E-state index contributed by atoms with van der Waals surface area (Å²) in [6.45, 7) is 0. The van der Waals surface area contributed by atoms with Crippen molar-refractivity contribution in [1.29, 1.82) is 0 Å². The van der Waals surface area contributed by atoms with Gasteiger partial charge in [-0.05, 0) is 31.2 Å². The van der Waals surface area contributed by atoms with Gasteiger partial charge in [-0.15, -0.1) is 34.4 Å². The Hall–Kier alpha value is -2.24. The lowest BCUT2D eigenvalue weighted by atomic mass is 9.97. The quantitative estimate of drug-likeness (QED) is 0.544. The molecule has 4 N–H and O–H groups in total. The molecular weight excluding hydrogens is 418 g/mol. The van der Waals surface area contributed by atoms with Crippen molar-refractivity contribution in [1.82, 2.24) is 15.0 Å². The number of aromatic amines is 1. The third kappa shape index (κ3) is 3.96. The number of aromatic nitrogens is 3. The number of hydrogen-bond donors (Lipinski definition) is 3. The van der Waals surface area contributed by atoms with Gasteiger partial charge in [0.15, 0.2) is 5.13 Å². The van der Waals surface area contributed by atoms with Crippen LogP contribution in [0.4, 0.5) is 5.13 Å². The first-order chi connectivity index (χ1) is 13.5. The number of hydrogen-bond acceptors (Lipinski definition) is 8. The van der Waals surface area contributed by atoms with Crippen LogP contribution in [-0.4, -0.2) is 32.5 Å². The highest BCUT2D eigenvalue weighted by atomic mass is 32.2. The molecule has 3 heterocycles. The third-order valence-electron chi connectivity index (χ3n) is 4.35. The summed E-state index contributed by atoms with van der Waals surface area (Å²) in [5.74, 6) is 0.288. The molecule has 0 radical (unpaired) electrons. The van der Waals surface area contributed by atoms with Crippen LogP contribution < -0.4 is 16.6 Å². The number of thioether (sulfide) groups is 1. The van der Waals surface area contributed by atoms with Crippen LogP contribution >= 0.6 is 34.4 Å². The molecule has 0 saturated heterocycles. The SMILES string of the molecule is NC(=O)c1csc(NC(=O)CSCc2nc3sc4c(c3c(=O)[nH]2)CCCC4)n1. The van der Waals surface area contributed by atoms with Crippen molar-refractivity contribution in [2.45, 2.75) is 31.4 Å². The second-order valence-corrected chi connectivity index (χ2v) is 9.27. The van der Waals surface area contributed by atoms with E-state index in [-0.39, 0.29) is 22.9 Å². The van der Waals surface area contributed by atoms with Crippen LogP contribution in [0.15, 0.2) is 10.2 Å². The number of rotatable bonds is 6. The summed E-state index contributed by atoms with van der Waals surface area (Å²) in [7, 11) is 0. The maximum absolute atomic E-state index is 12.5. The van der Waals surface area contributed by atoms with Gasteiger partial charge in [-0.25, -0.2) is 9.97 Å². The molecule has 0 unspecified atom stereocenters. The van der Waals surface area contributed by atoms with Gasteiger partial charge in [0, 0.05) is 10.3 Å². The van der Waals surface area contributed by atoms with Crippen molar-refractivity contribution in [2.75, 3.05) is 11.1 Å². The second-order valence-electron chi connectivity index (χ2n) is 6.35. The number of aryl methyl sites for hydroxylation is 2. The molecule has 4 rings (SSSR count). The van der Waals surface area contributed by atoms with Crippen molar-refractivity contribution in [2.24, 2.45) is 5.73 Å². The van der Waals surface area contributed by atoms with E-state index < -0.39 is 5.91 Å². The lowest BCUT2D eigenvalue weighted by molar-refractivity contribution is -0.113. The Kier molecular flexibility index (Phi) is 5.47. The maximum Gasteiger partial charge on any atom is 0.268 e. The molecule has 0 spiro atoms. The summed E-state index contributed by atoms with van der Waals surface area (Å²) in [5.41, 5.74) is 6.34. The number of primary amides is 1. The van der Waals surface area contributed by atoms with Gasteiger partial charge in [0.2, 0.25) is 5.91 Å². The highest BCUT2D eigenvalue weighted by Gasteiger charge is 2.19. The highest BCUT2D eigenvalue weighted by molar-refractivity contribution is 7.99. The van der Waals surface area contributed by atoms with Gasteiger partial charge in [0.1, 0.15) is 16.3 Å². The van der Waals surface area contributed by atoms with E-state index in [1.807, 2.05) is 0 Å². The molecule has 1 aliphatic rings. The number of H-pyrrole nitrogens is 1.